The van der Waals surface area contributed by atoms with Crippen LogP contribution in [0.2, 0.25) is 0 Å². The highest BCUT2D eigenvalue weighted by molar-refractivity contribution is 7.99. The van der Waals surface area contributed by atoms with Gasteiger partial charge in [-0.2, -0.15) is 4.98 Å². The molecule has 11 heteroatoms. The van der Waals surface area contributed by atoms with Gasteiger partial charge < -0.3 is 24.2 Å². The van der Waals surface area contributed by atoms with E-state index in [0.717, 1.165) is 16.0 Å². The van der Waals surface area contributed by atoms with Crippen molar-refractivity contribution >= 4 is 35.4 Å². The Labute approximate surface area is 218 Å². The minimum Gasteiger partial charge on any atom is -0.465 e. The molecule has 1 aliphatic rings. The lowest BCUT2D eigenvalue weighted by molar-refractivity contribution is -0.120. The monoisotopic (exact) mass is 524 g/mol. The summed E-state index contributed by atoms with van der Waals surface area (Å²) in [6.45, 7) is 7.19. The highest BCUT2D eigenvalue weighted by atomic mass is 32.2. The van der Waals surface area contributed by atoms with Crippen LogP contribution in [0.3, 0.4) is 0 Å². The summed E-state index contributed by atoms with van der Waals surface area (Å²) in [4.78, 5) is 45.1. The lowest BCUT2D eigenvalue weighted by Crippen LogP contribution is -2.50. The van der Waals surface area contributed by atoms with Crippen molar-refractivity contribution in [1.29, 1.82) is 0 Å². The summed E-state index contributed by atoms with van der Waals surface area (Å²) >= 11 is 1.41. The molecule has 0 saturated carbocycles. The van der Waals surface area contributed by atoms with Gasteiger partial charge in [0, 0.05) is 23.1 Å². The number of fused-ring (bicyclic) bond motifs is 1. The molecule has 1 N–H and O–H groups in total. The van der Waals surface area contributed by atoms with Gasteiger partial charge in [0.25, 0.3) is 5.91 Å². The topological polar surface area (TPSA) is 124 Å². The molecule has 1 atom stereocenters. The molecule has 0 spiro atoms. The summed E-state index contributed by atoms with van der Waals surface area (Å²) < 4.78 is 15.3. The van der Waals surface area contributed by atoms with E-state index in [1.165, 1.54) is 18.9 Å². The van der Waals surface area contributed by atoms with Gasteiger partial charge in [-0.1, -0.05) is 29.4 Å². The van der Waals surface area contributed by atoms with Crippen LogP contribution < -0.4 is 10.2 Å². The molecule has 0 aliphatic carbocycles. The molecule has 3 aromatic rings. The number of alkyl carbamates (subject to hydrolysis) is 1. The van der Waals surface area contributed by atoms with Gasteiger partial charge in [-0.05, 0) is 44.5 Å². The van der Waals surface area contributed by atoms with Crippen molar-refractivity contribution in [2.45, 2.75) is 50.8 Å². The van der Waals surface area contributed by atoms with E-state index in [-0.39, 0.29) is 12.5 Å². The van der Waals surface area contributed by atoms with Crippen molar-refractivity contribution in [2.24, 2.45) is 0 Å². The van der Waals surface area contributed by atoms with Gasteiger partial charge in [0.05, 0.1) is 24.9 Å². The average molecular weight is 525 g/mol. The number of amides is 2. The molecule has 0 radical (unpaired) electrons. The molecule has 2 heterocycles. The summed E-state index contributed by atoms with van der Waals surface area (Å²) in [6.07, 6.45) is -0.674. The molecule has 0 bridgehead atoms. The number of aryl methyl sites for hydroxylation is 1. The highest BCUT2D eigenvalue weighted by Crippen LogP contribution is 2.36. The molecule has 1 aromatic heterocycles. The highest BCUT2D eigenvalue weighted by Gasteiger charge is 2.33. The quantitative estimate of drug-likeness (QED) is 0.485. The third-order valence-electron chi connectivity index (χ3n) is 5.41. The van der Waals surface area contributed by atoms with Crippen LogP contribution >= 0.6 is 11.8 Å². The van der Waals surface area contributed by atoms with E-state index in [2.05, 4.69) is 15.5 Å². The Kier molecular flexibility index (Phi) is 7.53. The third-order valence-corrected chi connectivity index (χ3v) is 6.57. The smallest absolute Gasteiger partial charge is 0.408 e. The first-order valence-electron chi connectivity index (χ1n) is 11.6. The van der Waals surface area contributed by atoms with Crippen molar-refractivity contribution in [2.75, 3.05) is 17.8 Å². The largest absolute Gasteiger partial charge is 0.465 e. The van der Waals surface area contributed by atoms with Crippen molar-refractivity contribution < 1.29 is 28.4 Å². The first-order valence-corrected chi connectivity index (χ1v) is 12.6. The molecule has 4 rings (SSSR count). The minimum absolute atomic E-state index is 0.203. The van der Waals surface area contributed by atoms with Gasteiger partial charge in [-0.15, -0.1) is 11.8 Å². The van der Waals surface area contributed by atoms with Gasteiger partial charge in [-0.3, -0.25) is 4.79 Å². The fourth-order valence-electron chi connectivity index (χ4n) is 3.72. The van der Waals surface area contributed by atoms with Gasteiger partial charge in [0.15, 0.2) is 0 Å². The second kappa shape index (κ2) is 10.6. The standard InChI is InChI=1S/C26H28N4O6S/c1-15-27-22(29-36-15)17-8-6-16(7-9-17)13-30-20-12-18(24(32)34-5)10-11-21(20)37-14-19(23(30)31)28-25(33)35-26(2,3)4/h6-12,19H,13-14H2,1-5H3,(H,28,33)/t19-/m0/s1. The maximum Gasteiger partial charge on any atom is 0.408 e. The molecule has 0 fully saturated rings. The fraction of sp³-hybridized carbons (Fsp3) is 0.346. The number of carbonyl (C=O) groups excluding carboxylic acids is 3. The summed E-state index contributed by atoms with van der Waals surface area (Å²) in [7, 11) is 1.30. The van der Waals surface area contributed by atoms with E-state index in [0.29, 0.717) is 28.7 Å². The molecule has 194 valence electrons. The van der Waals surface area contributed by atoms with Crippen LogP contribution in [-0.2, 0) is 20.8 Å². The first kappa shape index (κ1) is 26.2. The number of methoxy groups -OCH3 is 1. The van der Waals surface area contributed by atoms with Crippen molar-refractivity contribution in [3.8, 4) is 11.4 Å². The number of hydrogen-bond donors (Lipinski definition) is 1. The zero-order valence-corrected chi connectivity index (χ0v) is 22.0. The van der Waals surface area contributed by atoms with Crippen LogP contribution in [0, 0.1) is 6.92 Å². The number of aromatic nitrogens is 2. The van der Waals surface area contributed by atoms with E-state index in [4.69, 9.17) is 14.0 Å². The lowest BCUT2D eigenvalue weighted by Gasteiger charge is -2.27. The van der Waals surface area contributed by atoms with Gasteiger partial charge in [-0.25, -0.2) is 9.59 Å². The molecule has 10 nitrogen and oxygen atoms in total. The Balaban J connectivity index is 1.65. The molecule has 1 aliphatic heterocycles. The molecular weight excluding hydrogens is 496 g/mol. The number of anilines is 1. The molecule has 2 amide bonds. The summed E-state index contributed by atoms with van der Waals surface area (Å²) in [6, 6.07) is 11.7. The maximum absolute atomic E-state index is 13.7. The second-order valence-electron chi connectivity index (χ2n) is 9.44. The SMILES string of the molecule is COC(=O)c1ccc2c(c1)N(Cc1ccc(-c3noc(C)n3)cc1)C(=O)[C@@H](NC(=O)OC(C)(C)C)CS2. The van der Waals surface area contributed by atoms with Crippen LogP contribution in [0.25, 0.3) is 11.4 Å². The number of carbonyl (C=O) groups is 3. The summed E-state index contributed by atoms with van der Waals surface area (Å²) in [5.74, 6) is 0.411. The first-order chi connectivity index (χ1) is 17.5. The van der Waals surface area contributed by atoms with E-state index in [9.17, 15) is 14.4 Å². The molecule has 0 unspecified atom stereocenters. The number of hydrogen-bond acceptors (Lipinski definition) is 9. The van der Waals surface area contributed by atoms with Crippen LogP contribution in [0.4, 0.5) is 10.5 Å². The predicted molar refractivity (Wildman–Crippen MR) is 137 cm³/mol. The van der Waals surface area contributed by atoms with Crippen LogP contribution in [0.1, 0.15) is 42.6 Å². The Bertz CT molecular complexity index is 1320. The fourth-order valence-corrected chi connectivity index (χ4v) is 4.77. The number of thioether (sulfide) groups is 1. The van der Waals surface area contributed by atoms with Crippen LogP contribution in [0.5, 0.6) is 0 Å². The minimum atomic E-state index is -0.838. The Hall–Kier alpha value is -3.86. The van der Waals surface area contributed by atoms with E-state index in [1.54, 1.807) is 50.8 Å². The third kappa shape index (κ3) is 6.29. The number of rotatable bonds is 5. The predicted octanol–water partition coefficient (Wildman–Crippen LogP) is 4.36. The van der Waals surface area contributed by atoms with E-state index >= 15 is 0 Å². The number of benzene rings is 2. The summed E-state index contributed by atoms with van der Waals surface area (Å²) in [5.41, 5.74) is 1.78. The van der Waals surface area contributed by atoms with Crippen LogP contribution in [-0.4, -0.2) is 52.6 Å². The lowest BCUT2D eigenvalue weighted by atomic mass is 10.1. The molecular formula is C26H28N4O6S. The normalized spacial score (nSPS) is 15.5. The van der Waals surface area contributed by atoms with Gasteiger partial charge >= 0.3 is 12.1 Å². The molecule has 0 saturated heterocycles. The average Bonchev–Trinajstić information content (AvgIpc) is 3.24. The number of ether oxygens (including phenoxy) is 2. The zero-order valence-electron chi connectivity index (χ0n) is 21.2. The Morgan fingerprint density at radius 1 is 1.19 bits per heavy atom. The number of esters is 1. The Morgan fingerprint density at radius 3 is 2.54 bits per heavy atom. The van der Waals surface area contributed by atoms with Crippen LogP contribution in [0.15, 0.2) is 51.9 Å². The van der Waals surface area contributed by atoms with E-state index in [1.807, 2.05) is 24.3 Å². The van der Waals surface area contributed by atoms with Crippen molar-refractivity contribution in [1.82, 2.24) is 15.5 Å². The van der Waals surface area contributed by atoms with E-state index < -0.39 is 23.7 Å². The van der Waals surface area contributed by atoms with Crippen molar-refractivity contribution in [3.05, 3.63) is 59.5 Å². The number of nitrogens with one attached hydrogen (secondary N) is 1. The van der Waals surface area contributed by atoms with Gasteiger partial charge in [0.2, 0.25) is 11.7 Å². The number of nitrogens with zero attached hydrogens (tertiary/aromatic N) is 3. The summed E-state index contributed by atoms with van der Waals surface area (Å²) in [5, 5.41) is 6.64. The molecule has 37 heavy (non-hydrogen) atoms. The van der Waals surface area contributed by atoms with Gasteiger partial charge in [0.1, 0.15) is 11.6 Å². The molecule has 2 aromatic carbocycles. The zero-order chi connectivity index (χ0) is 26.7. The maximum atomic E-state index is 13.7. The second-order valence-corrected chi connectivity index (χ2v) is 10.5. The Morgan fingerprint density at radius 2 is 1.92 bits per heavy atom. The van der Waals surface area contributed by atoms with Crippen molar-refractivity contribution in [3.63, 3.8) is 0 Å².